The number of aryl methyl sites for hydroxylation is 1. The summed E-state index contributed by atoms with van der Waals surface area (Å²) in [6, 6.07) is 6.10. The zero-order valence-electron chi connectivity index (χ0n) is 17.9. The van der Waals surface area contributed by atoms with Gasteiger partial charge in [0.25, 0.3) is 0 Å². The minimum Gasteiger partial charge on any atom is -0.502 e. The molecule has 1 aliphatic heterocycles. The van der Waals surface area contributed by atoms with Gasteiger partial charge in [0.1, 0.15) is 17.6 Å². The van der Waals surface area contributed by atoms with Gasteiger partial charge in [0.05, 0.1) is 26.1 Å². The summed E-state index contributed by atoms with van der Waals surface area (Å²) in [5.41, 5.74) is -0.429. The molecule has 11 heteroatoms. The highest BCUT2D eigenvalue weighted by atomic mass is 32.2. The Labute approximate surface area is 185 Å². The molecule has 1 aromatic carbocycles. The lowest BCUT2D eigenvalue weighted by molar-refractivity contribution is 0.0730. The van der Waals surface area contributed by atoms with E-state index in [0.29, 0.717) is 19.0 Å². The molecule has 1 aliphatic rings. The van der Waals surface area contributed by atoms with E-state index in [9.17, 15) is 23.1 Å². The van der Waals surface area contributed by atoms with Crippen LogP contribution in [0.15, 0.2) is 39.5 Å². The molecule has 0 aliphatic carbocycles. The van der Waals surface area contributed by atoms with E-state index in [4.69, 9.17) is 13.9 Å². The lowest BCUT2D eigenvalue weighted by Crippen LogP contribution is -2.44. The molecule has 2 heterocycles. The fourth-order valence-electron chi connectivity index (χ4n) is 3.33. The second-order valence-electron chi connectivity index (χ2n) is 7.24. The number of benzene rings is 1. The minimum atomic E-state index is -3.58. The molecule has 1 atom stereocenters. The van der Waals surface area contributed by atoms with Gasteiger partial charge in [-0.15, -0.1) is 0 Å². The van der Waals surface area contributed by atoms with Crippen LogP contribution in [0.5, 0.6) is 11.5 Å². The molecular formula is C21H26N2O8S. The molecule has 0 bridgehead atoms. The third kappa shape index (κ3) is 5.54. The monoisotopic (exact) mass is 466 g/mol. The lowest BCUT2D eigenvalue weighted by atomic mass is 10.0. The fourth-order valence-corrected chi connectivity index (χ4v) is 4.67. The topological polar surface area (TPSA) is 135 Å². The summed E-state index contributed by atoms with van der Waals surface area (Å²) in [5.74, 6) is -0.993. The molecule has 1 saturated heterocycles. The van der Waals surface area contributed by atoms with Crippen molar-refractivity contribution in [2.45, 2.75) is 13.0 Å². The number of hydrogen-bond donors (Lipinski definition) is 2. The van der Waals surface area contributed by atoms with E-state index in [0.717, 1.165) is 6.07 Å². The van der Waals surface area contributed by atoms with Crippen LogP contribution in [0.25, 0.3) is 0 Å². The van der Waals surface area contributed by atoms with Gasteiger partial charge in [0.15, 0.2) is 11.5 Å². The maximum absolute atomic E-state index is 13.2. The molecule has 1 unspecified atom stereocenters. The van der Waals surface area contributed by atoms with Crippen LogP contribution in [-0.4, -0.2) is 69.3 Å². The smallest absolute Gasteiger partial charge is 0.227 e. The number of methoxy groups -OCH3 is 1. The van der Waals surface area contributed by atoms with Crippen molar-refractivity contribution >= 4 is 15.8 Å². The minimum absolute atomic E-state index is 0.108. The van der Waals surface area contributed by atoms with Crippen LogP contribution in [0.1, 0.15) is 27.9 Å². The van der Waals surface area contributed by atoms with E-state index >= 15 is 0 Å². The van der Waals surface area contributed by atoms with Gasteiger partial charge in [-0.2, -0.15) is 4.31 Å². The Kier molecular flexibility index (Phi) is 7.67. The van der Waals surface area contributed by atoms with Crippen LogP contribution in [0.2, 0.25) is 0 Å². The molecular weight excluding hydrogens is 440 g/mol. The number of ether oxygens (including phenoxy) is 2. The number of nitrogens with zero attached hydrogens (tertiary/aromatic N) is 1. The molecule has 0 radical (unpaired) electrons. The Morgan fingerprint density at radius 3 is 2.53 bits per heavy atom. The average molecular weight is 467 g/mol. The third-order valence-electron chi connectivity index (χ3n) is 5.04. The van der Waals surface area contributed by atoms with Gasteiger partial charge < -0.3 is 19.0 Å². The highest BCUT2D eigenvalue weighted by molar-refractivity contribution is 7.89. The van der Waals surface area contributed by atoms with Crippen molar-refractivity contribution < 1.29 is 32.2 Å². The summed E-state index contributed by atoms with van der Waals surface area (Å²) in [4.78, 5) is 25.3. The van der Waals surface area contributed by atoms with E-state index in [2.05, 4.69) is 5.32 Å². The number of carbonyl (C=O) groups is 1. The van der Waals surface area contributed by atoms with Gasteiger partial charge in [-0.05, 0) is 31.2 Å². The van der Waals surface area contributed by atoms with Crippen molar-refractivity contribution in [2.75, 3.05) is 45.7 Å². The first-order valence-electron chi connectivity index (χ1n) is 10.0. The highest BCUT2D eigenvalue weighted by Crippen LogP contribution is 2.26. The predicted molar refractivity (Wildman–Crippen MR) is 116 cm³/mol. The number of morpholine rings is 1. The number of hydrogen-bond acceptors (Lipinski definition) is 9. The SMILES string of the molecule is COc1ccc(C(=O)C(NCCS(=O)(=O)N2CCOCC2)c2oc(C)cc(=O)c2O)cc1. The summed E-state index contributed by atoms with van der Waals surface area (Å²) in [5, 5.41) is 13.1. The highest BCUT2D eigenvalue weighted by Gasteiger charge is 2.30. The van der Waals surface area contributed by atoms with Crippen molar-refractivity contribution in [1.29, 1.82) is 0 Å². The summed E-state index contributed by atoms with van der Waals surface area (Å²) in [7, 11) is -2.08. The number of ketones is 1. The zero-order chi connectivity index (χ0) is 23.3. The number of rotatable bonds is 9. The first-order valence-corrected chi connectivity index (χ1v) is 11.6. The molecule has 10 nitrogen and oxygen atoms in total. The zero-order valence-corrected chi connectivity index (χ0v) is 18.7. The number of Topliss-reactive ketones (excluding diaryl/α,β-unsaturated/α-hetero) is 1. The molecule has 0 spiro atoms. The summed E-state index contributed by atoms with van der Waals surface area (Å²) in [6.45, 7) is 2.60. The second-order valence-corrected chi connectivity index (χ2v) is 9.33. The maximum Gasteiger partial charge on any atom is 0.227 e. The molecule has 2 N–H and O–H groups in total. The molecule has 1 fully saturated rings. The van der Waals surface area contributed by atoms with Crippen LogP contribution in [-0.2, 0) is 14.8 Å². The molecule has 32 heavy (non-hydrogen) atoms. The molecule has 0 saturated carbocycles. The van der Waals surface area contributed by atoms with Gasteiger partial charge in [-0.3, -0.25) is 14.9 Å². The standard InChI is InChI=1S/C21H26N2O8S/c1-14-13-17(24)20(26)21(31-14)18(19(25)15-3-5-16(29-2)6-4-15)22-7-12-32(27,28)23-8-10-30-11-9-23/h3-6,13,18,22,26H,7-12H2,1-2H3. The third-order valence-corrected chi connectivity index (χ3v) is 6.91. The first-order chi connectivity index (χ1) is 15.2. The van der Waals surface area contributed by atoms with Crippen LogP contribution >= 0.6 is 0 Å². The van der Waals surface area contributed by atoms with Crippen molar-refractivity contribution in [2.24, 2.45) is 0 Å². The maximum atomic E-state index is 13.2. The van der Waals surface area contributed by atoms with E-state index in [1.165, 1.54) is 30.5 Å². The van der Waals surface area contributed by atoms with E-state index in [1.807, 2.05) is 0 Å². The van der Waals surface area contributed by atoms with Crippen LogP contribution in [0, 0.1) is 6.92 Å². The number of carbonyl (C=O) groups excluding carboxylic acids is 1. The second kappa shape index (κ2) is 10.3. The van der Waals surface area contributed by atoms with Crippen molar-refractivity contribution in [3.63, 3.8) is 0 Å². The normalized spacial score (nSPS) is 15.9. The Bertz CT molecular complexity index is 1110. The molecule has 2 aromatic rings. The average Bonchev–Trinajstić information content (AvgIpc) is 2.79. The number of aromatic hydroxyl groups is 1. The molecule has 174 valence electrons. The van der Waals surface area contributed by atoms with Crippen LogP contribution in [0.4, 0.5) is 0 Å². The number of sulfonamides is 1. The Morgan fingerprint density at radius 1 is 1.25 bits per heavy atom. The first kappa shape index (κ1) is 23.9. The van der Waals surface area contributed by atoms with Gasteiger partial charge in [0.2, 0.25) is 21.2 Å². The van der Waals surface area contributed by atoms with Gasteiger partial charge in [-0.25, -0.2) is 8.42 Å². The summed E-state index contributed by atoms with van der Waals surface area (Å²) in [6.07, 6.45) is 0. The van der Waals surface area contributed by atoms with E-state index < -0.39 is 33.0 Å². The summed E-state index contributed by atoms with van der Waals surface area (Å²) < 4.78 is 42.3. The van der Waals surface area contributed by atoms with Crippen LogP contribution < -0.4 is 15.5 Å². The van der Waals surface area contributed by atoms with Crippen molar-refractivity contribution in [3.8, 4) is 11.5 Å². The Morgan fingerprint density at radius 2 is 1.91 bits per heavy atom. The van der Waals surface area contributed by atoms with Gasteiger partial charge >= 0.3 is 0 Å². The van der Waals surface area contributed by atoms with Gasteiger partial charge in [0, 0.05) is 31.3 Å². The van der Waals surface area contributed by atoms with Gasteiger partial charge in [-0.1, -0.05) is 0 Å². The number of nitrogens with one attached hydrogen (secondary N) is 1. The largest absolute Gasteiger partial charge is 0.502 e. The van der Waals surface area contributed by atoms with Crippen molar-refractivity contribution in [3.05, 3.63) is 57.6 Å². The lowest BCUT2D eigenvalue weighted by Gasteiger charge is -2.26. The fraction of sp³-hybridized carbons (Fsp3) is 0.429. The van der Waals surface area contributed by atoms with Crippen molar-refractivity contribution in [1.82, 2.24) is 9.62 Å². The molecule has 1 aromatic heterocycles. The van der Waals surface area contributed by atoms with Crippen LogP contribution in [0.3, 0.4) is 0 Å². The van der Waals surface area contributed by atoms with E-state index in [1.54, 1.807) is 12.1 Å². The summed E-state index contributed by atoms with van der Waals surface area (Å²) >= 11 is 0. The van der Waals surface area contributed by atoms with E-state index in [-0.39, 0.29) is 42.5 Å². The quantitative estimate of drug-likeness (QED) is 0.515. The molecule has 0 amide bonds. The predicted octanol–water partition coefficient (Wildman–Crippen LogP) is 0.838. The Balaban J connectivity index is 1.85. The Hall–Kier alpha value is -2.73. The molecule has 3 rings (SSSR count).